The summed E-state index contributed by atoms with van der Waals surface area (Å²) in [6.45, 7) is 0.921. The number of alkyl halides is 3. The number of piperidine rings is 1. The fourth-order valence-electron chi connectivity index (χ4n) is 3.46. The molecule has 3 rings (SSSR count). The molecule has 28 heavy (non-hydrogen) atoms. The van der Waals surface area contributed by atoms with Gasteiger partial charge >= 0.3 is 12.1 Å². The zero-order valence-corrected chi connectivity index (χ0v) is 15.8. The molecule has 0 bridgehead atoms. The Hall–Kier alpha value is -2.78. The number of carbonyl (C=O) groups is 1. The molecule has 1 aliphatic heterocycles. The normalized spacial score (nSPS) is 15.6. The molecule has 0 N–H and O–H groups in total. The predicted octanol–water partition coefficient (Wildman–Crippen LogP) is 2.64. The highest BCUT2D eigenvalue weighted by Gasteiger charge is 2.43. The van der Waals surface area contributed by atoms with Crippen LogP contribution in [-0.2, 0) is 4.79 Å². The molecule has 1 aliphatic rings. The lowest BCUT2D eigenvalue weighted by molar-refractivity contribution is -0.186. The maximum atomic E-state index is 12.7. The van der Waals surface area contributed by atoms with E-state index in [9.17, 15) is 18.0 Å². The molecule has 0 aliphatic carbocycles. The fraction of sp³-hybridized carbons (Fsp3) is 0.500. The van der Waals surface area contributed by atoms with Crippen molar-refractivity contribution in [2.24, 2.45) is 0 Å². The number of anilines is 1. The summed E-state index contributed by atoms with van der Waals surface area (Å²) in [4.78, 5) is 14.2. The molecule has 0 spiro atoms. The second-order valence-corrected chi connectivity index (χ2v) is 6.59. The first-order valence-corrected chi connectivity index (χ1v) is 8.72. The van der Waals surface area contributed by atoms with Gasteiger partial charge in [-0.3, -0.25) is 4.79 Å². The maximum Gasteiger partial charge on any atom is 0.471 e. The van der Waals surface area contributed by atoms with Crippen LogP contribution in [0, 0.1) is 0 Å². The van der Waals surface area contributed by atoms with Crippen LogP contribution < -0.4 is 14.4 Å². The van der Waals surface area contributed by atoms with Crippen molar-refractivity contribution >= 4 is 22.5 Å². The van der Waals surface area contributed by atoms with Crippen LogP contribution >= 0.6 is 0 Å². The van der Waals surface area contributed by atoms with Gasteiger partial charge in [0.2, 0.25) is 0 Å². The maximum absolute atomic E-state index is 12.7. The van der Waals surface area contributed by atoms with Crippen molar-refractivity contribution in [2.75, 3.05) is 39.3 Å². The number of ether oxygens (including phenoxy) is 2. The molecule has 152 valence electrons. The van der Waals surface area contributed by atoms with E-state index in [2.05, 4.69) is 10.2 Å². The summed E-state index contributed by atoms with van der Waals surface area (Å²) >= 11 is 0. The van der Waals surface area contributed by atoms with Crippen LogP contribution in [0.25, 0.3) is 10.8 Å². The van der Waals surface area contributed by atoms with Crippen molar-refractivity contribution in [3.63, 3.8) is 0 Å². The highest BCUT2D eigenvalue weighted by atomic mass is 19.4. The SMILES string of the molecule is COc1cc2cnnc(N3CCC(N(C)C(=O)C(F)(F)F)CC3)c2cc1OC. The molecule has 2 aromatic rings. The monoisotopic (exact) mass is 398 g/mol. The third-order valence-electron chi connectivity index (χ3n) is 5.02. The molecule has 0 atom stereocenters. The van der Waals surface area contributed by atoms with E-state index < -0.39 is 18.1 Å². The lowest BCUT2D eigenvalue weighted by atomic mass is 10.0. The van der Waals surface area contributed by atoms with Gasteiger partial charge < -0.3 is 19.3 Å². The molecular weight excluding hydrogens is 377 g/mol. The van der Waals surface area contributed by atoms with E-state index in [1.165, 1.54) is 14.2 Å². The first-order chi connectivity index (χ1) is 13.3. The first kappa shape index (κ1) is 20.0. The number of aromatic nitrogens is 2. The Labute approximate surface area is 160 Å². The number of fused-ring (bicyclic) bond motifs is 1. The summed E-state index contributed by atoms with van der Waals surface area (Å²) in [6.07, 6.45) is -2.43. The van der Waals surface area contributed by atoms with Gasteiger partial charge in [-0.2, -0.15) is 18.3 Å². The van der Waals surface area contributed by atoms with Crippen LogP contribution in [-0.4, -0.2) is 67.6 Å². The molecule has 0 radical (unpaired) electrons. The number of rotatable bonds is 4. The van der Waals surface area contributed by atoms with Gasteiger partial charge in [-0.05, 0) is 25.0 Å². The number of carbonyl (C=O) groups excluding carboxylic acids is 1. The van der Waals surface area contributed by atoms with Crippen LogP contribution in [0.4, 0.5) is 19.0 Å². The zero-order valence-electron chi connectivity index (χ0n) is 15.8. The summed E-state index contributed by atoms with van der Waals surface area (Å²) < 4.78 is 48.6. The molecule has 1 amide bonds. The third-order valence-corrected chi connectivity index (χ3v) is 5.02. The van der Waals surface area contributed by atoms with E-state index >= 15 is 0 Å². The summed E-state index contributed by atoms with van der Waals surface area (Å²) in [6, 6.07) is 3.14. The fourth-order valence-corrected chi connectivity index (χ4v) is 3.46. The average molecular weight is 398 g/mol. The predicted molar refractivity (Wildman–Crippen MR) is 96.7 cm³/mol. The highest BCUT2D eigenvalue weighted by Crippen LogP contribution is 2.36. The molecule has 0 unspecified atom stereocenters. The Bertz CT molecular complexity index is 867. The highest BCUT2D eigenvalue weighted by molar-refractivity contribution is 5.94. The second-order valence-electron chi connectivity index (χ2n) is 6.59. The van der Waals surface area contributed by atoms with Crippen molar-refractivity contribution in [1.29, 1.82) is 0 Å². The van der Waals surface area contributed by atoms with E-state index in [-0.39, 0.29) is 0 Å². The number of methoxy groups -OCH3 is 2. The lowest BCUT2D eigenvalue weighted by Gasteiger charge is -2.37. The van der Waals surface area contributed by atoms with Crippen LogP contribution in [0.2, 0.25) is 0 Å². The van der Waals surface area contributed by atoms with Crippen molar-refractivity contribution < 1.29 is 27.4 Å². The Morgan fingerprint density at radius 2 is 1.79 bits per heavy atom. The molecule has 1 saturated heterocycles. The van der Waals surface area contributed by atoms with Gasteiger partial charge in [-0.15, -0.1) is 5.10 Å². The van der Waals surface area contributed by atoms with Crippen LogP contribution in [0.1, 0.15) is 12.8 Å². The van der Waals surface area contributed by atoms with Crippen LogP contribution in [0.5, 0.6) is 11.5 Å². The molecule has 1 aromatic heterocycles. The number of benzene rings is 1. The molecule has 1 aromatic carbocycles. The van der Waals surface area contributed by atoms with E-state index in [1.54, 1.807) is 19.4 Å². The van der Waals surface area contributed by atoms with E-state index in [1.807, 2.05) is 11.0 Å². The standard InChI is InChI=1S/C18H21F3N4O3/c1-24(17(26)18(19,20)21)12-4-6-25(7-5-12)16-13-9-15(28-3)14(27-2)8-11(13)10-22-23-16/h8-10,12H,4-7H2,1-3H3. The molecule has 7 nitrogen and oxygen atoms in total. The topological polar surface area (TPSA) is 67.8 Å². The minimum absolute atomic E-state index is 0.406. The van der Waals surface area contributed by atoms with E-state index in [0.29, 0.717) is 43.2 Å². The Balaban J connectivity index is 1.81. The quantitative estimate of drug-likeness (QED) is 0.789. The second kappa shape index (κ2) is 7.69. The molecule has 10 heteroatoms. The van der Waals surface area contributed by atoms with Gasteiger partial charge in [-0.1, -0.05) is 0 Å². The van der Waals surface area contributed by atoms with Gasteiger partial charge in [0.15, 0.2) is 17.3 Å². The Kier molecular flexibility index (Phi) is 5.48. The summed E-state index contributed by atoms with van der Waals surface area (Å²) in [5.41, 5.74) is 0. The van der Waals surface area contributed by atoms with E-state index in [0.717, 1.165) is 15.7 Å². The molecule has 1 fully saturated rings. The average Bonchev–Trinajstić information content (AvgIpc) is 2.70. The van der Waals surface area contributed by atoms with Crippen LogP contribution in [0.15, 0.2) is 18.3 Å². The zero-order chi connectivity index (χ0) is 20.5. The van der Waals surface area contributed by atoms with Gasteiger partial charge in [0.25, 0.3) is 0 Å². The Morgan fingerprint density at radius 1 is 1.18 bits per heavy atom. The number of hydrogen-bond donors (Lipinski definition) is 0. The third kappa shape index (κ3) is 3.76. The minimum Gasteiger partial charge on any atom is -0.493 e. The van der Waals surface area contributed by atoms with Crippen molar-refractivity contribution in [3.05, 3.63) is 18.3 Å². The summed E-state index contributed by atoms with van der Waals surface area (Å²) in [5.74, 6) is -0.0657. The summed E-state index contributed by atoms with van der Waals surface area (Å²) in [7, 11) is 4.28. The molecule has 0 saturated carbocycles. The van der Waals surface area contributed by atoms with Crippen molar-refractivity contribution in [2.45, 2.75) is 25.1 Å². The van der Waals surface area contributed by atoms with Crippen molar-refractivity contribution in [3.8, 4) is 11.5 Å². The van der Waals surface area contributed by atoms with Gasteiger partial charge in [0, 0.05) is 37.0 Å². The number of amides is 1. The number of halogens is 3. The minimum atomic E-state index is -4.86. The largest absolute Gasteiger partial charge is 0.493 e. The summed E-state index contributed by atoms with van der Waals surface area (Å²) in [5, 5.41) is 9.88. The van der Waals surface area contributed by atoms with Crippen molar-refractivity contribution in [1.82, 2.24) is 15.1 Å². The van der Waals surface area contributed by atoms with Gasteiger partial charge in [0.1, 0.15) is 0 Å². The molecular formula is C18H21F3N4O3. The first-order valence-electron chi connectivity index (χ1n) is 8.72. The number of hydrogen-bond acceptors (Lipinski definition) is 6. The van der Waals surface area contributed by atoms with Gasteiger partial charge in [0.05, 0.1) is 20.4 Å². The van der Waals surface area contributed by atoms with Gasteiger partial charge in [-0.25, -0.2) is 0 Å². The Morgan fingerprint density at radius 3 is 2.36 bits per heavy atom. The van der Waals surface area contributed by atoms with E-state index in [4.69, 9.17) is 9.47 Å². The van der Waals surface area contributed by atoms with Crippen LogP contribution in [0.3, 0.4) is 0 Å². The smallest absolute Gasteiger partial charge is 0.471 e. The lowest BCUT2D eigenvalue weighted by Crippen LogP contribution is -2.49. The number of nitrogens with zero attached hydrogens (tertiary/aromatic N) is 4. The molecule has 2 heterocycles.